The Kier molecular flexibility index (Phi) is 11.9. The molecule has 5 nitrogen and oxygen atoms in total. The minimum Gasteiger partial charge on any atom is -0.383 e. The van der Waals surface area contributed by atoms with Gasteiger partial charge in [0.1, 0.15) is 0 Å². The normalized spacial score (nSPS) is 18.3. The van der Waals surface area contributed by atoms with Crippen molar-refractivity contribution in [2.24, 2.45) is 4.99 Å². The number of thioether (sulfide) groups is 1. The molecule has 0 aliphatic carbocycles. The summed E-state index contributed by atoms with van der Waals surface area (Å²) in [6.07, 6.45) is 1.12. The second-order valence-electron chi connectivity index (χ2n) is 6.15. The highest BCUT2D eigenvalue weighted by Crippen LogP contribution is 2.29. The van der Waals surface area contributed by atoms with Crippen molar-refractivity contribution in [2.45, 2.75) is 25.0 Å². The smallest absolute Gasteiger partial charge is 0.193 e. The summed E-state index contributed by atoms with van der Waals surface area (Å²) in [5.74, 6) is 2.22. The van der Waals surface area contributed by atoms with E-state index in [0.29, 0.717) is 4.75 Å². The largest absolute Gasteiger partial charge is 0.383 e. The van der Waals surface area contributed by atoms with Crippen LogP contribution in [-0.2, 0) is 4.74 Å². The molecule has 7 heteroatoms. The van der Waals surface area contributed by atoms with Gasteiger partial charge in [0, 0.05) is 50.8 Å². The first-order chi connectivity index (χ1) is 9.98. The predicted octanol–water partition coefficient (Wildman–Crippen LogP) is 1.98. The van der Waals surface area contributed by atoms with Crippen LogP contribution in [0.5, 0.6) is 0 Å². The Morgan fingerprint density at radius 2 is 2.14 bits per heavy atom. The zero-order valence-electron chi connectivity index (χ0n) is 14.7. The SMILES string of the molecule is CN=C(NCCCN(C)CCOC)N1CCSC(C)(C)C1.I. The molecule has 0 spiro atoms. The van der Waals surface area contributed by atoms with E-state index in [1.54, 1.807) is 7.11 Å². The van der Waals surface area contributed by atoms with Crippen molar-refractivity contribution in [3.8, 4) is 0 Å². The fraction of sp³-hybridized carbons (Fsp3) is 0.933. The molecule has 1 saturated heterocycles. The summed E-state index contributed by atoms with van der Waals surface area (Å²) in [7, 11) is 5.76. The number of aliphatic imine (C=N–C) groups is 1. The molecule has 22 heavy (non-hydrogen) atoms. The topological polar surface area (TPSA) is 40.1 Å². The highest BCUT2D eigenvalue weighted by molar-refractivity contribution is 14.0. The molecule has 0 aromatic carbocycles. The van der Waals surface area contributed by atoms with Gasteiger partial charge in [-0.1, -0.05) is 0 Å². The zero-order chi connectivity index (χ0) is 15.7. The lowest BCUT2D eigenvalue weighted by molar-refractivity contribution is 0.161. The predicted molar refractivity (Wildman–Crippen MR) is 109 cm³/mol. The molecular weight excluding hydrogens is 411 g/mol. The van der Waals surface area contributed by atoms with Crippen molar-refractivity contribution < 1.29 is 4.74 Å². The van der Waals surface area contributed by atoms with E-state index in [1.807, 2.05) is 18.8 Å². The Hall–Kier alpha value is 0.270. The number of nitrogens with zero attached hydrogens (tertiary/aromatic N) is 3. The average Bonchev–Trinajstić information content (AvgIpc) is 2.44. The van der Waals surface area contributed by atoms with E-state index in [-0.39, 0.29) is 24.0 Å². The van der Waals surface area contributed by atoms with Gasteiger partial charge in [-0.15, -0.1) is 24.0 Å². The van der Waals surface area contributed by atoms with Gasteiger partial charge in [-0.05, 0) is 33.9 Å². The maximum Gasteiger partial charge on any atom is 0.193 e. The van der Waals surface area contributed by atoms with E-state index in [9.17, 15) is 0 Å². The van der Waals surface area contributed by atoms with Gasteiger partial charge in [-0.3, -0.25) is 4.99 Å². The van der Waals surface area contributed by atoms with Crippen LogP contribution in [0.25, 0.3) is 0 Å². The number of hydrogen-bond acceptors (Lipinski definition) is 4. The van der Waals surface area contributed by atoms with Gasteiger partial charge in [-0.25, -0.2) is 0 Å². The number of halogens is 1. The standard InChI is InChI=1S/C15H32N4OS.HI/c1-15(2)13-19(10-12-21-15)14(16-3)17-7-6-8-18(4)9-11-20-5;/h6-13H2,1-5H3,(H,16,17);1H. The van der Waals surface area contributed by atoms with Crippen LogP contribution < -0.4 is 5.32 Å². The third kappa shape index (κ3) is 8.79. The minimum atomic E-state index is 0. The molecule has 0 unspecified atom stereocenters. The van der Waals surface area contributed by atoms with E-state index >= 15 is 0 Å². The van der Waals surface area contributed by atoms with Gasteiger partial charge in [-0.2, -0.15) is 11.8 Å². The summed E-state index contributed by atoms with van der Waals surface area (Å²) in [5, 5.41) is 3.50. The molecule has 0 bridgehead atoms. The van der Waals surface area contributed by atoms with E-state index in [2.05, 4.69) is 41.0 Å². The molecule has 1 aliphatic heterocycles. The van der Waals surface area contributed by atoms with Crippen LogP contribution in [-0.4, -0.2) is 86.8 Å². The molecule has 1 fully saturated rings. The maximum atomic E-state index is 5.09. The Morgan fingerprint density at radius 1 is 1.41 bits per heavy atom. The Morgan fingerprint density at radius 3 is 2.73 bits per heavy atom. The van der Waals surface area contributed by atoms with Crippen molar-refractivity contribution >= 4 is 41.7 Å². The Labute approximate surface area is 157 Å². The number of likely N-dealkylation sites (N-methyl/N-ethyl adjacent to an activating group) is 1. The van der Waals surface area contributed by atoms with Crippen LogP contribution in [0.2, 0.25) is 0 Å². The monoisotopic (exact) mass is 444 g/mol. The highest BCUT2D eigenvalue weighted by Gasteiger charge is 2.28. The summed E-state index contributed by atoms with van der Waals surface area (Å²) >= 11 is 2.05. The van der Waals surface area contributed by atoms with E-state index in [1.165, 1.54) is 5.75 Å². The van der Waals surface area contributed by atoms with Crippen molar-refractivity contribution in [1.82, 2.24) is 15.1 Å². The van der Waals surface area contributed by atoms with E-state index in [4.69, 9.17) is 4.74 Å². The quantitative estimate of drug-likeness (QED) is 0.282. The molecule has 1 N–H and O–H groups in total. The number of rotatable bonds is 7. The summed E-state index contributed by atoms with van der Waals surface area (Å²) < 4.78 is 5.40. The average molecular weight is 444 g/mol. The van der Waals surface area contributed by atoms with Crippen LogP contribution in [0.1, 0.15) is 20.3 Å². The van der Waals surface area contributed by atoms with Crippen molar-refractivity contribution in [1.29, 1.82) is 0 Å². The van der Waals surface area contributed by atoms with Crippen LogP contribution >= 0.6 is 35.7 Å². The summed E-state index contributed by atoms with van der Waals surface area (Å²) in [4.78, 5) is 9.11. The Balaban J connectivity index is 0.00000441. The van der Waals surface area contributed by atoms with Gasteiger partial charge in [0.05, 0.1) is 6.61 Å². The van der Waals surface area contributed by atoms with Gasteiger partial charge in [0.2, 0.25) is 0 Å². The fourth-order valence-corrected chi connectivity index (χ4v) is 3.55. The van der Waals surface area contributed by atoms with Gasteiger partial charge in [0.15, 0.2) is 5.96 Å². The molecule has 0 saturated carbocycles. The summed E-state index contributed by atoms with van der Waals surface area (Å²) in [6, 6.07) is 0. The number of hydrogen-bond donors (Lipinski definition) is 1. The second-order valence-corrected chi connectivity index (χ2v) is 7.96. The lowest BCUT2D eigenvalue weighted by Gasteiger charge is -2.39. The number of ether oxygens (including phenoxy) is 1. The van der Waals surface area contributed by atoms with Gasteiger partial charge < -0.3 is 19.9 Å². The van der Waals surface area contributed by atoms with Crippen molar-refractivity contribution in [2.75, 3.05) is 66.3 Å². The van der Waals surface area contributed by atoms with E-state index in [0.717, 1.165) is 51.7 Å². The third-order valence-corrected chi connectivity index (χ3v) is 4.91. The second kappa shape index (κ2) is 11.8. The number of methoxy groups -OCH3 is 1. The highest BCUT2D eigenvalue weighted by atomic mass is 127. The summed E-state index contributed by atoms with van der Waals surface area (Å²) in [5.41, 5.74) is 0. The summed E-state index contributed by atoms with van der Waals surface area (Å²) in [6.45, 7) is 10.6. The van der Waals surface area contributed by atoms with Gasteiger partial charge >= 0.3 is 0 Å². The van der Waals surface area contributed by atoms with E-state index < -0.39 is 0 Å². The van der Waals surface area contributed by atoms with Crippen LogP contribution in [0.4, 0.5) is 0 Å². The molecule has 1 aliphatic rings. The molecule has 1 rings (SSSR count). The lowest BCUT2D eigenvalue weighted by Crippen LogP contribution is -2.51. The third-order valence-electron chi connectivity index (χ3n) is 3.61. The lowest BCUT2D eigenvalue weighted by atomic mass is 10.2. The molecule has 0 atom stereocenters. The van der Waals surface area contributed by atoms with Crippen LogP contribution in [0, 0.1) is 0 Å². The van der Waals surface area contributed by atoms with Crippen LogP contribution in [0.15, 0.2) is 4.99 Å². The number of guanidine groups is 1. The first kappa shape index (κ1) is 22.3. The molecule has 0 aromatic rings. The van der Waals surface area contributed by atoms with Crippen molar-refractivity contribution in [3.63, 3.8) is 0 Å². The zero-order valence-corrected chi connectivity index (χ0v) is 17.9. The van der Waals surface area contributed by atoms with Crippen molar-refractivity contribution in [3.05, 3.63) is 0 Å². The molecule has 0 amide bonds. The molecular formula is C15H33IN4OS. The minimum absolute atomic E-state index is 0. The van der Waals surface area contributed by atoms with Gasteiger partial charge in [0.25, 0.3) is 0 Å². The molecule has 132 valence electrons. The first-order valence-corrected chi connectivity index (χ1v) is 8.74. The first-order valence-electron chi connectivity index (χ1n) is 7.75. The number of nitrogens with one attached hydrogen (secondary N) is 1. The fourth-order valence-electron chi connectivity index (χ4n) is 2.44. The molecule has 1 heterocycles. The molecule has 0 aromatic heterocycles. The Bertz CT molecular complexity index is 329. The van der Waals surface area contributed by atoms with Crippen LogP contribution in [0.3, 0.4) is 0 Å². The maximum absolute atomic E-state index is 5.09. The molecule has 0 radical (unpaired) electrons.